The number of anilines is 1. The molecule has 0 radical (unpaired) electrons. The Morgan fingerprint density at radius 3 is 2.35 bits per heavy atom. The Bertz CT molecular complexity index is 959. The molecule has 0 saturated heterocycles. The standard InChI is InChI=1S/C25H35N5O4/c1-17(22(31)28-15-13-19-12-14-27-21(26)16-19)29-23(32)20(30-24(33)34-25(2,3)4)11-10-18-8-6-5-7-9-18/h5-9,12,14,16-17,20H,10-11,13,15H2,1-4H3,(H2,26,27)(H,28,31)(H,29,32)(H,30,33)/t17-,20+/m0/s1. The lowest BCUT2D eigenvalue weighted by Crippen LogP contribution is -2.53. The number of ether oxygens (including phenoxy) is 1. The van der Waals surface area contributed by atoms with Crippen molar-refractivity contribution in [3.05, 3.63) is 59.8 Å². The number of hydrogen-bond acceptors (Lipinski definition) is 6. The Labute approximate surface area is 200 Å². The summed E-state index contributed by atoms with van der Waals surface area (Å²) in [5, 5.41) is 8.12. The molecule has 0 aliphatic rings. The maximum atomic E-state index is 12.9. The molecule has 1 aromatic carbocycles. The lowest BCUT2D eigenvalue weighted by Gasteiger charge is -2.24. The van der Waals surface area contributed by atoms with E-state index in [1.54, 1.807) is 40.0 Å². The number of benzene rings is 1. The van der Waals surface area contributed by atoms with E-state index in [-0.39, 0.29) is 5.91 Å². The zero-order valence-electron chi connectivity index (χ0n) is 20.3. The van der Waals surface area contributed by atoms with Crippen LogP contribution in [0.15, 0.2) is 48.7 Å². The second-order valence-corrected chi connectivity index (χ2v) is 9.08. The molecule has 2 rings (SSSR count). The summed E-state index contributed by atoms with van der Waals surface area (Å²) in [6, 6.07) is 11.6. The fourth-order valence-electron chi connectivity index (χ4n) is 3.19. The predicted octanol–water partition coefficient (Wildman–Crippen LogP) is 2.35. The maximum Gasteiger partial charge on any atom is 0.408 e. The van der Waals surface area contributed by atoms with Crippen molar-refractivity contribution < 1.29 is 19.1 Å². The number of rotatable bonds is 10. The SMILES string of the molecule is C[C@H](NC(=O)[C@@H](CCc1ccccc1)NC(=O)OC(C)(C)C)C(=O)NCCc1ccnc(N)c1. The van der Waals surface area contributed by atoms with E-state index in [9.17, 15) is 14.4 Å². The molecule has 3 amide bonds. The van der Waals surface area contributed by atoms with Gasteiger partial charge in [-0.3, -0.25) is 9.59 Å². The first kappa shape index (κ1) is 26.6. The average molecular weight is 470 g/mol. The van der Waals surface area contributed by atoms with Crippen molar-refractivity contribution in [2.75, 3.05) is 12.3 Å². The largest absolute Gasteiger partial charge is 0.444 e. The van der Waals surface area contributed by atoms with E-state index in [2.05, 4.69) is 20.9 Å². The summed E-state index contributed by atoms with van der Waals surface area (Å²) in [5.41, 5.74) is 6.96. The number of amides is 3. The van der Waals surface area contributed by atoms with Gasteiger partial charge in [0.15, 0.2) is 0 Å². The molecule has 2 atom stereocenters. The minimum absolute atomic E-state index is 0.325. The molecule has 2 aromatic rings. The summed E-state index contributed by atoms with van der Waals surface area (Å²) < 4.78 is 5.30. The molecule has 34 heavy (non-hydrogen) atoms. The van der Waals surface area contributed by atoms with Crippen LogP contribution >= 0.6 is 0 Å². The number of nitrogens with one attached hydrogen (secondary N) is 3. The summed E-state index contributed by atoms with van der Waals surface area (Å²) in [6.07, 6.45) is 2.44. The van der Waals surface area contributed by atoms with Gasteiger partial charge >= 0.3 is 6.09 Å². The topological polar surface area (TPSA) is 135 Å². The van der Waals surface area contributed by atoms with E-state index >= 15 is 0 Å². The van der Waals surface area contributed by atoms with Crippen molar-refractivity contribution in [1.29, 1.82) is 0 Å². The number of nitrogens with zero attached hydrogens (tertiary/aromatic N) is 1. The highest BCUT2D eigenvalue weighted by molar-refractivity contribution is 5.91. The van der Waals surface area contributed by atoms with Gasteiger partial charge in [0.25, 0.3) is 0 Å². The fourth-order valence-corrected chi connectivity index (χ4v) is 3.19. The first-order chi connectivity index (χ1) is 16.0. The second-order valence-electron chi connectivity index (χ2n) is 9.08. The zero-order valence-corrected chi connectivity index (χ0v) is 20.3. The zero-order chi connectivity index (χ0) is 25.1. The van der Waals surface area contributed by atoms with Crippen molar-refractivity contribution in [3.8, 4) is 0 Å². The van der Waals surface area contributed by atoms with Crippen LogP contribution in [-0.4, -0.2) is 47.1 Å². The van der Waals surface area contributed by atoms with Gasteiger partial charge in [0, 0.05) is 12.7 Å². The van der Waals surface area contributed by atoms with E-state index in [1.165, 1.54) is 0 Å². The minimum Gasteiger partial charge on any atom is -0.444 e. The third kappa shape index (κ3) is 9.89. The molecule has 9 nitrogen and oxygen atoms in total. The van der Waals surface area contributed by atoms with Crippen LogP contribution in [0.2, 0.25) is 0 Å². The lowest BCUT2D eigenvalue weighted by atomic mass is 10.0. The third-order valence-electron chi connectivity index (χ3n) is 4.88. The molecule has 0 aliphatic heterocycles. The van der Waals surface area contributed by atoms with Crippen LogP contribution in [0.4, 0.5) is 10.6 Å². The van der Waals surface area contributed by atoms with Crippen LogP contribution in [0.1, 0.15) is 45.2 Å². The maximum absolute atomic E-state index is 12.9. The molecule has 1 aromatic heterocycles. The van der Waals surface area contributed by atoms with Crippen molar-refractivity contribution in [2.24, 2.45) is 0 Å². The Morgan fingerprint density at radius 1 is 1.00 bits per heavy atom. The summed E-state index contributed by atoms with van der Waals surface area (Å²) in [6.45, 7) is 7.23. The van der Waals surface area contributed by atoms with Gasteiger partial charge in [-0.05, 0) is 70.2 Å². The molecule has 0 saturated carbocycles. The van der Waals surface area contributed by atoms with Gasteiger partial charge in [-0.15, -0.1) is 0 Å². The number of pyridine rings is 1. The van der Waals surface area contributed by atoms with Crippen molar-refractivity contribution in [1.82, 2.24) is 20.9 Å². The third-order valence-corrected chi connectivity index (χ3v) is 4.88. The number of alkyl carbamates (subject to hydrolysis) is 1. The van der Waals surface area contributed by atoms with E-state index in [4.69, 9.17) is 10.5 Å². The first-order valence-corrected chi connectivity index (χ1v) is 11.4. The van der Waals surface area contributed by atoms with Crippen LogP contribution in [0.5, 0.6) is 0 Å². The van der Waals surface area contributed by atoms with Crippen molar-refractivity contribution in [2.45, 2.75) is 64.6 Å². The molecule has 9 heteroatoms. The summed E-state index contributed by atoms with van der Waals surface area (Å²) in [5.74, 6) is -0.357. The number of hydrogen-bond donors (Lipinski definition) is 4. The van der Waals surface area contributed by atoms with Gasteiger partial charge < -0.3 is 26.4 Å². The van der Waals surface area contributed by atoms with Gasteiger partial charge in [-0.2, -0.15) is 0 Å². The summed E-state index contributed by atoms with van der Waals surface area (Å²) in [4.78, 5) is 41.6. The van der Waals surface area contributed by atoms with E-state index in [1.807, 2.05) is 36.4 Å². The van der Waals surface area contributed by atoms with Crippen molar-refractivity contribution in [3.63, 3.8) is 0 Å². The predicted molar refractivity (Wildman–Crippen MR) is 131 cm³/mol. The highest BCUT2D eigenvalue weighted by Gasteiger charge is 2.26. The van der Waals surface area contributed by atoms with E-state index in [0.717, 1.165) is 11.1 Å². The number of nitrogen functional groups attached to an aromatic ring is 1. The van der Waals surface area contributed by atoms with E-state index < -0.39 is 29.7 Å². The van der Waals surface area contributed by atoms with Gasteiger partial charge in [0.05, 0.1) is 0 Å². The smallest absolute Gasteiger partial charge is 0.408 e. The highest BCUT2D eigenvalue weighted by Crippen LogP contribution is 2.10. The Kier molecular flexibility index (Phi) is 9.85. The van der Waals surface area contributed by atoms with Gasteiger partial charge in [0.2, 0.25) is 11.8 Å². The average Bonchev–Trinajstić information content (AvgIpc) is 2.76. The quantitative estimate of drug-likeness (QED) is 0.422. The number of aromatic nitrogens is 1. The molecular formula is C25H35N5O4. The molecule has 184 valence electrons. The molecule has 0 aliphatic carbocycles. The number of carbonyl (C=O) groups excluding carboxylic acids is 3. The highest BCUT2D eigenvalue weighted by atomic mass is 16.6. The number of nitrogens with two attached hydrogens (primary N) is 1. The molecule has 0 unspecified atom stereocenters. The number of aryl methyl sites for hydroxylation is 1. The van der Waals surface area contributed by atoms with Gasteiger partial charge in [0.1, 0.15) is 23.5 Å². The van der Waals surface area contributed by atoms with Crippen molar-refractivity contribution >= 4 is 23.7 Å². The van der Waals surface area contributed by atoms with E-state index in [0.29, 0.717) is 31.6 Å². The fraction of sp³-hybridized carbons (Fsp3) is 0.440. The summed E-state index contributed by atoms with van der Waals surface area (Å²) >= 11 is 0. The Balaban J connectivity index is 1.92. The molecular weight excluding hydrogens is 434 g/mol. The monoisotopic (exact) mass is 469 g/mol. The normalized spacial score (nSPS) is 12.8. The molecule has 1 heterocycles. The molecule has 0 fully saturated rings. The van der Waals surface area contributed by atoms with Crippen LogP contribution in [0, 0.1) is 0 Å². The van der Waals surface area contributed by atoms with Crippen LogP contribution in [-0.2, 0) is 27.2 Å². The number of carbonyl (C=O) groups is 3. The van der Waals surface area contributed by atoms with Gasteiger partial charge in [-0.1, -0.05) is 30.3 Å². The second kappa shape index (κ2) is 12.6. The summed E-state index contributed by atoms with van der Waals surface area (Å²) in [7, 11) is 0. The Morgan fingerprint density at radius 2 is 1.71 bits per heavy atom. The molecule has 0 spiro atoms. The Hall–Kier alpha value is -3.62. The lowest BCUT2D eigenvalue weighted by molar-refractivity contribution is -0.129. The van der Waals surface area contributed by atoms with Gasteiger partial charge in [-0.25, -0.2) is 9.78 Å². The van der Waals surface area contributed by atoms with Crippen LogP contribution < -0.4 is 21.7 Å². The van der Waals surface area contributed by atoms with Crippen LogP contribution in [0.3, 0.4) is 0 Å². The van der Waals surface area contributed by atoms with Crippen LogP contribution in [0.25, 0.3) is 0 Å². The molecule has 5 N–H and O–H groups in total. The minimum atomic E-state index is -0.856. The molecule has 0 bridgehead atoms. The first-order valence-electron chi connectivity index (χ1n) is 11.4.